The van der Waals surface area contributed by atoms with E-state index >= 15 is 0 Å². The molecule has 0 spiro atoms. The van der Waals surface area contributed by atoms with E-state index in [1.165, 1.54) is 0 Å². The number of amides is 2. The number of nitrogen functional groups attached to an aromatic ring is 1. The maximum Gasteiger partial charge on any atom is 0.266 e. The first kappa shape index (κ1) is 25.1. The molecule has 0 aliphatic carbocycles. The lowest BCUT2D eigenvalue weighted by Gasteiger charge is -2.16. The molecule has 0 saturated heterocycles. The zero-order valence-corrected chi connectivity index (χ0v) is 17.8. The molecule has 0 aliphatic heterocycles. The van der Waals surface area contributed by atoms with Crippen LogP contribution in [0.15, 0.2) is 60.7 Å². The summed E-state index contributed by atoms with van der Waals surface area (Å²) in [5, 5.41) is 5.05. The number of carbonyl (C=O) groups excluding carboxylic acids is 2. The molecule has 0 heterocycles. The molecule has 0 fully saturated rings. The van der Waals surface area contributed by atoms with Gasteiger partial charge < -0.3 is 16.4 Å². The van der Waals surface area contributed by atoms with Crippen molar-refractivity contribution in [3.63, 3.8) is 0 Å². The first-order valence-corrected chi connectivity index (χ1v) is 11.2. The number of hydrogen-bond donors (Lipinski definition) is 4. The molecule has 2 aromatic carbocycles. The zero-order chi connectivity index (χ0) is 22.4. The number of rotatable bonds is 9. The number of unbranched alkanes of at least 4 members (excludes halogenated alkanes) is 1. The molecule has 0 aliphatic rings. The number of benzene rings is 2. The molecule has 30 heavy (non-hydrogen) atoms. The van der Waals surface area contributed by atoms with Crippen molar-refractivity contribution < 1.29 is 22.6 Å². The molecule has 164 valence electrons. The average Bonchev–Trinajstić information content (AvgIpc) is 2.69. The zero-order valence-electron chi connectivity index (χ0n) is 17.0. The van der Waals surface area contributed by atoms with E-state index in [-0.39, 0.29) is 6.54 Å². The molecule has 0 saturated carbocycles. The molecule has 9 heteroatoms. The van der Waals surface area contributed by atoms with Crippen LogP contribution in [-0.2, 0) is 19.7 Å². The van der Waals surface area contributed by atoms with Gasteiger partial charge in [0, 0.05) is 17.9 Å². The number of carbonyl (C=O) groups is 2. The summed E-state index contributed by atoms with van der Waals surface area (Å²) in [7, 11) is -4.15. The van der Waals surface area contributed by atoms with Crippen molar-refractivity contribution in [3.05, 3.63) is 60.7 Å². The topological polar surface area (TPSA) is 139 Å². The van der Waals surface area contributed by atoms with Crippen molar-refractivity contribution in [1.29, 1.82) is 0 Å². The van der Waals surface area contributed by atoms with Crippen LogP contribution in [-0.4, -0.2) is 37.1 Å². The fourth-order valence-electron chi connectivity index (χ4n) is 2.42. The third kappa shape index (κ3) is 11.2. The lowest BCUT2D eigenvalue weighted by atomic mass is 10.00. The predicted octanol–water partition coefficient (Wildman–Crippen LogP) is 2.70. The molecule has 1 atom stereocenters. The van der Waals surface area contributed by atoms with Gasteiger partial charge in [-0.3, -0.25) is 14.1 Å². The quantitative estimate of drug-likeness (QED) is 0.271. The van der Waals surface area contributed by atoms with E-state index in [0.717, 1.165) is 12.1 Å². The second kappa shape index (κ2) is 13.3. The van der Waals surface area contributed by atoms with Gasteiger partial charge in [-0.15, -0.1) is 0 Å². The average molecular weight is 436 g/mol. The van der Waals surface area contributed by atoms with Crippen molar-refractivity contribution in [2.45, 2.75) is 26.2 Å². The van der Waals surface area contributed by atoms with Crippen molar-refractivity contribution in [1.82, 2.24) is 5.32 Å². The molecule has 0 aromatic heterocycles. The van der Waals surface area contributed by atoms with E-state index in [2.05, 4.69) is 10.6 Å². The Labute approximate surface area is 177 Å². The smallest absolute Gasteiger partial charge is 0.266 e. The van der Waals surface area contributed by atoms with Gasteiger partial charge in [-0.25, -0.2) is 0 Å². The Morgan fingerprint density at radius 1 is 1.00 bits per heavy atom. The maximum atomic E-state index is 12.3. The molecule has 2 amide bonds. The molecule has 0 bridgehead atoms. The highest BCUT2D eigenvalue weighted by molar-refractivity contribution is 7.85. The molecule has 8 nitrogen and oxygen atoms in total. The van der Waals surface area contributed by atoms with Gasteiger partial charge in [-0.05, 0) is 30.7 Å². The van der Waals surface area contributed by atoms with E-state index in [9.17, 15) is 18.0 Å². The fraction of sp³-hybridized carbons (Fsp3) is 0.333. The largest absolute Gasteiger partial charge is 0.399 e. The first-order valence-electron chi connectivity index (χ1n) is 9.62. The van der Waals surface area contributed by atoms with Crippen molar-refractivity contribution in [2.75, 3.05) is 23.3 Å². The lowest BCUT2D eigenvalue weighted by Crippen LogP contribution is -2.40. The Bertz CT molecular complexity index is 874. The second-order valence-corrected chi connectivity index (χ2v) is 8.11. The maximum absolute atomic E-state index is 12.3. The van der Waals surface area contributed by atoms with Crippen LogP contribution in [0.3, 0.4) is 0 Å². The highest BCUT2D eigenvalue weighted by atomic mass is 32.2. The van der Waals surface area contributed by atoms with Crippen molar-refractivity contribution >= 4 is 33.3 Å². The molecule has 2 rings (SSSR count). The number of para-hydroxylation sites is 2. The summed E-state index contributed by atoms with van der Waals surface area (Å²) >= 11 is 0. The summed E-state index contributed by atoms with van der Waals surface area (Å²) in [5.41, 5.74) is 6.77. The van der Waals surface area contributed by atoms with Gasteiger partial charge in [0.05, 0.1) is 5.75 Å². The summed E-state index contributed by atoms with van der Waals surface area (Å²) in [4.78, 5) is 24.4. The van der Waals surface area contributed by atoms with Crippen LogP contribution in [0.25, 0.3) is 0 Å². The number of nitrogens with one attached hydrogen (secondary N) is 2. The van der Waals surface area contributed by atoms with E-state index in [1.54, 1.807) is 24.3 Å². The van der Waals surface area contributed by atoms with Gasteiger partial charge in [0.2, 0.25) is 11.8 Å². The minimum absolute atomic E-state index is 0.237. The summed E-state index contributed by atoms with van der Waals surface area (Å²) < 4.78 is 30.0. The Morgan fingerprint density at radius 2 is 1.57 bits per heavy atom. The predicted molar refractivity (Wildman–Crippen MR) is 118 cm³/mol. The van der Waals surface area contributed by atoms with Crippen LogP contribution in [0.1, 0.15) is 26.2 Å². The SMILES string of the molecule is CCCCC(C(=O)NCCS(=O)(=O)O)C(=O)Nc1ccccc1.Nc1ccccc1. The van der Waals surface area contributed by atoms with Crippen LogP contribution in [0, 0.1) is 5.92 Å². The monoisotopic (exact) mass is 435 g/mol. The highest BCUT2D eigenvalue weighted by Crippen LogP contribution is 2.13. The van der Waals surface area contributed by atoms with Crippen molar-refractivity contribution in [3.8, 4) is 0 Å². The molecule has 0 radical (unpaired) electrons. The van der Waals surface area contributed by atoms with Crippen molar-refractivity contribution in [2.24, 2.45) is 5.92 Å². The number of hydrogen-bond acceptors (Lipinski definition) is 5. The van der Waals surface area contributed by atoms with Gasteiger partial charge in [0.1, 0.15) is 5.92 Å². The summed E-state index contributed by atoms with van der Waals surface area (Å²) in [5.74, 6) is -2.47. The molecule has 2 aromatic rings. The summed E-state index contributed by atoms with van der Waals surface area (Å²) in [6.45, 7) is 1.71. The van der Waals surface area contributed by atoms with Gasteiger partial charge in [-0.2, -0.15) is 8.42 Å². The molecular weight excluding hydrogens is 406 g/mol. The van der Waals surface area contributed by atoms with Gasteiger partial charge in [-0.1, -0.05) is 56.2 Å². The molecule has 1 unspecified atom stereocenters. The van der Waals surface area contributed by atoms with Gasteiger partial charge >= 0.3 is 0 Å². The third-order valence-electron chi connectivity index (χ3n) is 3.98. The van der Waals surface area contributed by atoms with E-state index < -0.39 is 33.6 Å². The van der Waals surface area contributed by atoms with Crippen LogP contribution in [0.4, 0.5) is 11.4 Å². The second-order valence-electron chi connectivity index (χ2n) is 6.54. The van der Waals surface area contributed by atoms with Crippen LogP contribution in [0.2, 0.25) is 0 Å². The molecule has 5 N–H and O–H groups in total. The van der Waals surface area contributed by atoms with Crippen LogP contribution >= 0.6 is 0 Å². The Morgan fingerprint density at radius 3 is 2.03 bits per heavy atom. The lowest BCUT2D eigenvalue weighted by molar-refractivity contribution is -0.132. The van der Waals surface area contributed by atoms with E-state index in [1.807, 2.05) is 43.3 Å². The standard InChI is InChI=1S/C15H22N2O5S.C6H7N/c1-2-3-9-13(14(18)16-10-11-23(20,21)22)15(19)17-12-7-5-4-6-8-12;7-6-4-2-1-3-5-6/h4-8,13H,2-3,9-11H2,1H3,(H,16,18)(H,17,19)(H,20,21,22);1-5H,7H2. The fourth-order valence-corrected chi connectivity index (χ4v) is 2.78. The normalized spacial score (nSPS) is 11.5. The minimum Gasteiger partial charge on any atom is -0.399 e. The summed E-state index contributed by atoms with van der Waals surface area (Å²) in [6, 6.07) is 18.3. The van der Waals surface area contributed by atoms with Gasteiger partial charge in [0.15, 0.2) is 0 Å². The Hall–Kier alpha value is -2.91. The highest BCUT2D eigenvalue weighted by Gasteiger charge is 2.26. The van der Waals surface area contributed by atoms with E-state index in [0.29, 0.717) is 18.5 Å². The van der Waals surface area contributed by atoms with Gasteiger partial charge in [0.25, 0.3) is 10.1 Å². The Balaban J connectivity index is 0.000000539. The van der Waals surface area contributed by atoms with Crippen LogP contribution in [0.5, 0.6) is 0 Å². The van der Waals surface area contributed by atoms with E-state index in [4.69, 9.17) is 10.3 Å². The minimum atomic E-state index is -4.15. The third-order valence-corrected chi connectivity index (χ3v) is 4.70. The molecular formula is C21H29N3O5S. The number of anilines is 2. The first-order chi connectivity index (χ1) is 14.2. The number of nitrogens with two attached hydrogens (primary N) is 1. The Kier molecular flexibility index (Phi) is 11.2. The van der Waals surface area contributed by atoms with Crippen LogP contribution < -0.4 is 16.4 Å². The summed E-state index contributed by atoms with van der Waals surface area (Å²) in [6.07, 6.45) is 1.89.